The number of imide groups is 1. The lowest BCUT2D eigenvalue weighted by molar-refractivity contribution is -0.119. The minimum absolute atomic E-state index is 0.384. The Morgan fingerprint density at radius 1 is 1.00 bits per heavy atom. The summed E-state index contributed by atoms with van der Waals surface area (Å²) in [5, 5.41) is 27.7. The molecule has 0 spiro atoms. The molecule has 6 heteroatoms. The average Bonchev–Trinajstić information content (AvgIpc) is 2.77. The summed E-state index contributed by atoms with van der Waals surface area (Å²) in [6, 6.07) is 5.95. The quantitative estimate of drug-likeness (QED) is 0.636. The van der Waals surface area contributed by atoms with Crippen LogP contribution in [0.15, 0.2) is 36.4 Å². The number of carbonyl (C=O) groups is 2. The third-order valence-electron chi connectivity index (χ3n) is 2.85. The molecule has 3 N–H and O–H groups in total. The summed E-state index contributed by atoms with van der Waals surface area (Å²) in [5.74, 6) is -0.845. The molecular formula is C13H13NO5. The van der Waals surface area contributed by atoms with E-state index in [1.807, 2.05) is 0 Å². The fourth-order valence-electron chi connectivity index (χ4n) is 1.80. The van der Waals surface area contributed by atoms with Crippen LogP contribution in [0.4, 0.5) is 5.69 Å². The molecule has 0 fully saturated rings. The fraction of sp³-hybridized carbons (Fsp3) is 0.231. The minimum Gasteiger partial charge on any atom is -0.394 e. The van der Waals surface area contributed by atoms with Crippen LogP contribution in [0, 0.1) is 0 Å². The van der Waals surface area contributed by atoms with Crippen molar-refractivity contribution in [1.29, 1.82) is 0 Å². The number of anilines is 1. The number of aliphatic hydroxyl groups excluding tert-OH is 3. The largest absolute Gasteiger partial charge is 0.394 e. The van der Waals surface area contributed by atoms with Crippen LogP contribution in [-0.2, 0) is 9.59 Å². The van der Waals surface area contributed by atoms with Gasteiger partial charge in [-0.1, -0.05) is 12.1 Å². The highest BCUT2D eigenvalue weighted by atomic mass is 16.4. The first-order chi connectivity index (χ1) is 9.04. The molecule has 0 bridgehead atoms. The monoisotopic (exact) mass is 263 g/mol. The number of hydrogen-bond donors (Lipinski definition) is 3. The maximum atomic E-state index is 11.5. The normalized spacial score (nSPS) is 17.9. The molecule has 0 saturated heterocycles. The van der Waals surface area contributed by atoms with Gasteiger partial charge < -0.3 is 15.3 Å². The number of nitrogens with zero attached hydrogens (tertiary/aromatic N) is 1. The molecule has 1 aliphatic rings. The molecule has 1 aliphatic heterocycles. The zero-order valence-corrected chi connectivity index (χ0v) is 9.93. The van der Waals surface area contributed by atoms with Gasteiger partial charge >= 0.3 is 0 Å². The number of amides is 2. The van der Waals surface area contributed by atoms with E-state index < -0.39 is 30.6 Å². The van der Waals surface area contributed by atoms with E-state index in [9.17, 15) is 19.8 Å². The Morgan fingerprint density at radius 3 is 2.00 bits per heavy atom. The molecule has 2 unspecified atom stereocenters. The number of rotatable bonds is 4. The number of benzene rings is 1. The smallest absolute Gasteiger partial charge is 0.258 e. The molecule has 2 atom stereocenters. The minimum atomic E-state index is -1.28. The van der Waals surface area contributed by atoms with Gasteiger partial charge in [0.15, 0.2) is 0 Å². The molecule has 1 aromatic carbocycles. The number of hydrogen-bond acceptors (Lipinski definition) is 5. The fourth-order valence-corrected chi connectivity index (χ4v) is 1.80. The van der Waals surface area contributed by atoms with Crippen LogP contribution in [0.1, 0.15) is 11.7 Å². The van der Waals surface area contributed by atoms with Gasteiger partial charge in [-0.05, 0) is 17.7 Å². The third-order valence-corrected chi connectivity index (χ3v) is 2.85. The van der Waals surface area contributed by atoms with Crippen LogP contribution in [-0.4, -0.2) is 39.8 Å². The highest BCUT2D eigenvalue weighted by Gasteiger charge is 2.25. The third kappa shape index (κ3) is 2.55. The van der Waals surface area contributed by atoms with E-state index >= 15 is 0 Å². The molecule has 1 heterocycles. The van der Waals surface area contributed by atoms with Crippen LogP contribution in [0.2, 0.25) is 0 Å². The average molecular weight is 263 g/mol. The van der Waals surface area contributed by atoms with Crippen molar-refractivity contribution in [2.75, 3.05) is 11.5 Å². The Labute approximate surface area is 109 Å². The van der Waals surface area contributed by atoms with Crippen LogP contribution in [0.3, 0.4) is 0 Å². The van der Waals surface area contributed by atoms with Gasteiger partial charge in [-0.3, -0.25) is 9.59 Å². The van der Waals surface area contributed by atoms with E-state index in [0.29, 0.717) is 11.3 Å². The van der Waals surface area contributed by atoms with Gasteiger partial charge in [-0.2, -0.15) is 0 Å². The Morgan fingerprint density at radius 2 is 1.53 bits per heavy atom. The van der Waals surface area contributed by atoms with E-state index in [0.717, 1.165) is 4.90 Å². The van der Waals surface area contributed by atoms with Crippen LogP contribution in [0.5, 0.6) is 0 Å². The molecule has 0 saturated carbocycles. The molecule has 0 radical (unpaired) electrons. The summed E-state index contributed by atoms with van der Waals surface area (Å²) in [6.45, 7) is -0.560. The topological polar surface area (TPSA) is 98.1 Å². The van der Waals surface area contributed by atoms with Gasteiger partial charge in [0, 0.05) is 12.2 Å². The Hall–Kier alpha value is -2.02. The maximum Gasteiger partial charge on any atom is 0.258 e. The Bertz CT molecular complexity index is 504. The van der Waals surface area contributed by atoms with Crippen LogP contribution >= 0.6 is 0 Å². The molecule has 6 nitrogen and oxygen atoms in total. The molecular weight excluding hydrogens is 250 g/mol. The first kappa shape index (κ1) is 13.4. The lowest BCUT2D eigenvalue weighted by Crippen LogP contribution is -2.29. The zero-order valence-electron chi connectivity index (χ0n) is 9.93. The van der Waals surface area contributed by atoms with Gasteiger partial charge in [-0.15, -0.1) is 0 Å². The summed E-state index contributed by atoms with van der Waals surface area (Å²) < 4.78 is 0. The van der Waals surface area contributed by atoms with Crippen LogP contribution in [0.25, 0.3) is 0 Å². The van der Waals surface area contributed by atoms with E-state index in [4.69, 9.17) is 5.11 Å². The highest BCUT2D eigenvalue weighted by Crippen LogP contribution is 2.23. The second-order valence-corrected chi connectivity index (χ2v) is 4.13. The second-order valence-electron chi connectivity index (χ2n) is 4.13. The van der Waals surface area contributed by atoms with Gasteiger partial charge in [0.25, 0.3) is 11.8 Å². The van der Waals surface area contributed by atoms with Gasteiger partial charge in [0.05, 0.1) is 12.3 Å². The molecule has 0 aliphatic carbocycles. The van der Waals surface area contributed by atoms with Gasteiger partial charge in [0.2, 0.25) is 0 Å². The zero-order chi connectivity index (χ0) is 14.0. The van der Waals surface area contributed by atoms with Crippen molar-refractivity contribution < 1.29 is 24.9 Å². The van der Waals surface area contributed by atoms with Gasteiger partial charge in [-0.25, -0.2) is 4.90 Å². The highest BCUT2D eigenvalue weighted by molar-refractivity contribution is 6.28. The van der Waals surface area contributed by atoms with Crippen LogP contribution < -0.4 is 4.90 Å². The van der Waals surface area contributed by atoms with E-state index in [1.54, 1.807) is 0 Å². The van der Waals surface area contributed by atoms with Crippen molar-refractivity contribution in [2.24, 2.45) is 0 Å². The van der Waals surface area contributed by atoms with Crippen molar-refractivity contribution >= 4 is 17.5 Å². The lowest BCUT2D eigenvalue weighted by Gasteiger charge is -2.18. The van der Waals surface area contributed by atoms with Crippen molar-refractivity contribution in [2.45, 2.75) is 12.2 Å². The van der Waals surface area contributed by atoms with Crippen molar-refractivity contribution in [3.8, 4) is 0 Å². The first-order valence-electron chi connectivity index (χ1n) is 5.67. The summed E-state index contributed by atoms with van der Waals surface area (Å²) >= 11 is 0. The Balaban J connectivity index is 2.19. The first-order valence-corrected chi connectivity index (χ1v) is 5.67. The maximum absolute atomic E-state index is 11.5. The second kappa shape index (κ2) is 5.31. The van der Waals surface area contributed by atoms with E-state index in [2.05, 4.69) is 0 Å². The summed E-state index contributed by atoms with van der Waals surface area (Å²) in [7, 11) is 0. The predicted molar refractivity (Wildman–Crippen MR) is 66.1 cm³/mol. The molecule has 100 valence electrons. The van der Waals surface area contributed by atoms with Crippen molar-refractivity contribution in [3.05, 3.63) is 42.0 Å². The predicted octanol–water partition coefficient (Wildman–Crippen LogP) is -0.497. The summed E-state index contributed by atoms with van der Waals surface area (Å²) in [6.07, 6.45) is -0.133. The van der Waals surface area contributed by atoms with Crippen molar-refractivity contribution in [1.82, 2.24) is 0 Å². The standard InChI is InChI=1S/C13H13NO5/c15-7-10(16)13(19)8-1-3-9(4-2-8)14-11(17)5-6-12(14)18/h1-6,10,13,15-16,19H,7H2. The van der Waals surface area contributed by atoms with Crippen molar-refractivity contribution in [3.63, 3.8) is 0 Å². The van der Waals surface area contributed by atoms with E-state index in [1.165, 1.54) is 36.4 Å². The van der Waals surface area contributed by atoms with E-state index in [-0.39, 0.29) is 0 Å². The SMILES string of the molecule is O=C1C=CC(=O)N1c1ccc(C(O)C(O)CO)cc1. The Kier molecular flexibility index (Phi) is 3.75. The number of carbonyl (C=O) groups excluding carboxylic acids is 2. The molecule has 19 heavy (non-hydrogen) atoms. The summed E-state index contributed by atoms with van der Waals surface area (Å²) in [4.78, 5) is 23.9. The molecule has 2 rings (SSSR count). The lowest BCUT2D eigenvalue weighted by atomic mass is 10.0. The molecule has 2 amide bonds. The summed E-state index contributed by atoms with van der Waals surface area (Å²) in [5.41, 5.74) is 0.770. The van der Waals surface area contributed by atoms with Gasteiger partial charge in [0.1, 0.15) is 12.2 Å². The number of aliphatic hydroxyl groups is 3. The molecule has 0 aromatic heterocycles. The molecule has 1 aromatic rings.